The molecular weight excluding hydrogens is 327 g/mol. The summed E-state index contributed by atoms with van der Waals surface area (Å²) in [5.74, 6) is 0.183. The quantitative estimate of drug-likeness (QED) is 0.599. The summed E-state index contributed by atoms with van der Waals surface area (Å²) in [6.45, 7) is 1.93. The molecule has 0 bridgehead atoms. The van der Waals surface area contributed by atoms with Crippen molar-refractivity contribution in [3.63, 3.8) is 0 Å². The molecule has 0 aliphatic heterocycles. The number of pyridine rings is 1. The predicted molar refractivity (Wildman–Crippen MR) is 82.4 cm³/mol. The summed E-state index contributed by atoms with van der Waals surface area (Å²) in [7, 11) is 1.27. The number of hydrogen-bond acceptors (Lipinski definition) is 4. The average molecular weight is 341 g/mol. The topological polar surface area (TPSA) is 39.2 Å². The van der Waals surface area contributed by atoms with Crippen molar-refractivity contribution in [3.05, 3.63) is 47.8 Å². The lowest BCUT2D eigenvalue weighted by atomic mass is 10.1. The van der Waals surface area contributed by atoms with Gasteiger partial charge in [0.2, 0.25) is 0 Å². The lowest BCUT2D eigenvalue weighted by Gasteiger charge is -2.10. The van der Waals surface area contributed by atoms with Crippen molar-refractivity contribution in [2.75, 3.05) is 12.9 Å². The van der Waals surface area contributed by atoms with Gasteiger partial charge in [0.1, 0.15) is 0 Å². The summed E-state index contributed by atoms with van der Waals surface area (Å²) in [6.07, 6.45) is -2.91. The number of thioether (sulfide) groups is 1. The zero-order valence-corrected chi connectivity index (χ0v) is 13.3. The average Bonchev–Trinajstić information content (AvgIpc) is 2.54. The van der Waals surface area contributed by atoms with E-state index in [9.17, 15) is 18.0 Å². The van der Waals surface area contributed by atoms with Gasteiger partial charge < -0.3 is 4.74 Å². The van der Waals surface area contributed by atoms with Crippen LogP contribution in [-0.2, 0) is 10.9 Å². The standard InChI is InChI=1S/C16H14F3NO2S/c1-3-23-13-8-11(9-20-14(13)15(21)22-2)10-4-6-12(7-5-10)16(17,18)19/h4-9H,3H2,1-2H3. The van der Waals surface area contributed by atoms with Gasteiger partial charge in [-0.2, -0.15) is 13.2 Å². The first-order chi connectivity index (χ1) is 10.9. The lowest BCUT2D eigenvalue weighted by molar-refractivity contribution is -0.137. The number of methoxy groups -OCH3 is 1. The molecule has 0 radical (unpaired) electrons. The normalized spacial score (nSPS) is 11.3. The van der Waals surface area contributed by atoms with Gasteiger partial charge in [-0.15, -0.1) is 11.8 Å². The van der Waals surface area contributed by atoms with Crippen molar-refractivity contribution >= 4 is 17.7 Å². The van der Waals surface area contributed by atoms with E-state index in [4.69, 9.17) is 0 Å². The summed E-state index contributed by atoms with van der Waals surface area (Å²) < 4.78 is 42.5. The SMILES string of the molecule is CCSc1cc(-c2ccc(C(F)(F)F)cc2)cnc1C(=O)OC. The van der Waals surface area contributed by atoms with Crippen LogP contribution >= 0.6 is 11.8 Å². The molecule has 0 aliphatic rings. The maximum atomic E-state index is 12.6. The van der Waals surface area contributed by atoms with Crippen LogP contribution in [0.1, 0.15) is 23.0 Å². The highest BCUT2D eigenvalue weighted by molar-refractivity contribution is 7.99. The van der Waals surface area contributed by atoms with E-state index in [1.54, 1.807) is 6.07 Å². The molecule has 0 saturated heterocycles. The zero-order valence-electron chi connectivity index (χ0n) is 12.5. The van der Waals surface area contributed by atoms with Gasteiger partial charge in [0.25, 0.3) is 0 Å². The smallest absolute Gasteiger partial charge is 0.416 e. The molecule has 1 heterocycles. The molecule has 0 fully saturated rings. The maximum Gasteiger partial charge on any atom is 0.416 e. The molecule has 1 aromatic carbocycles. The summed E-state index contributed by atoms with van der Waals surface area (Å²) >= 11 is 1.42. The Balaban J connectivity index is 2.40. The maximum absolute atomic E-state index is 12.6. The zero-order chi connectivity index (χ0) is 17.0. The molecule has 0 aliphatic carbocycles. The Hall–Kier alpha value is -2.02. The lowest BCUT2D eigenvalue weighted by Crippen LogP contribution is -2.06. The fourth-order valence-corrected chi connectivity index (χ4v) is 2.76. The second-order valence-corrected chi connectivity index (χ2v) is 5.88. The second kappa shape index (κ2) is 7.04. The van der Waals surface area contributed by atoms with E-state index >= 15 is 0 Å². The van der Waals surface area contributed by atoms with Gasteiger partial charge >= 0.3 is 12.1 Å². The number of carbonyl (C=O) groups excluding carboxylic acids is 1. The third-order valence-corrected chi connectivity index (χ3v) is 3.99. The van der Waals surface area contributed by atoms with Crippen molar-refractivity contribution in [3.8, 4) is 11.1 Å². The number of aromatic nitrogens is 1. The van der Waals surface area contributed by atoms with Gasteiger partial charge in [0.05, 0.1) is 12.7 Å². The number of hydrogen-bond donors (Lipinski definition) is 0. The Morgan fingerprint density at radius 3 is 2.39 bits per heavy atom. The van der Waals surface area contributed by atoms with Crippen molar-refractivity contribution in [1.29, 1.82) is 0 Å². The van der Waals surface area contributed by atoms with Crippen LogP contribution in [0.15, 0.2) is 41.4 Å². The molecule has 0 atom stereocenters. The molecular formula is C16H14F3NO2S. The van der Waals surface area contributed by atoms with Gasteiger partial charge in [-0.25, -0.2) is 9.78 Å². The largest absolute Gasteiger partial charge is 0.464 e. The van der Waals surface area contributed by atoms with Crippen LogP contribution in [-0.4, -0.2) is 23.8 Å². The van der Waals surface area contributed by atoms with E-state index in [1.807, 2.05) is 6.92 Å². The Kier molecular flexibility index (Phi) is 5.30. The minimum absolute atomic E-state index is 0.204. The summed E-state index contributed by atoms with van der Waals surface area (Å²) in [5.41, 5.74) is 0.737. The van der Waals surface area contributed by atoms with Gasteiger partial charge in [-0.05, 0) is 29.5 Å². The molecule has 122 valence electrons. The number of nitrogens with zero attached hydrogens (tertiary/aromatic N) is 1. The monoisotopic (exact) mass is 341 g/mol. The van der Waals surface area contributed by atoms with E-state index < -0.39 is 17.7 Å². The number of carbonyl (C=O) groups is 1. The fraction of sp³-hybridized carbons (Fsp3) is 0.250. The van der Waals surface area contributed by atoms with Gasteiger partial charge in [-0.1, -0.05) is 19.1 Å². The molecule has 1 aromatic heterocycles. The first kappa shape index (κ1) is 17.3. The van der Waals surface area contributed by atoms with E-state index in [2.05, 4.69) is 9.72 Å². The molecule has 0 unspecified atom stereocenters. The van der Waals surface area contributed by atoms with Crippen LogP contribution < -0.4 is 0 Å². The van der Waals surface area contributed by atoms with E-state index in [0.29, 0.717) is 16.0 Å². The van der Waals surface area contributed by atoms with Crippen molar-refractivity contribution < 1.29 is 22.7 Å². The van der Waals surface area contributed by atoms with Crippen molar-refractivity contribution in [2.45, 2.75) is 18.0 Å². The molecule has 0 N–H and O–H groups in total. The number of esters is 1. The number of benzene rings is 1. The van der Waals surface area contributed by atoms with Crippen LogP contribution in [0.25, 0.3) is 11.1 Å². The Morgan fingerprint density at radius 1 is 1.22 bits per heavy atom. The van der Waals surface area contributed by atoms with Crippen molar-refractivity contribution in [1.82, 2.24) is 4.98 Å². The van der Waals surface area contributed by atoms with Gasteiger partial charge in [-0.3, -0.25) is 0 Å². The second-order valence-electron chi connectivity index (χ2n) is 4.57. The fourth-order valence-electron chi connectivity index (χ4n) is 1.97. The van der Waals surface area contributed by atoms with Crippen LogP contribution in [0.5, 0.6) is 0 Å². The molecule has 3 nitrogen and oxygen atoms in total. The molecule has 2 aromatic rings. The van der Waals surface area contributed by atoms with Crippen LogP contribution in [0.2, 0.25) is 0 Å². The van der Waals surface area contributed by atoms with E-state index in [1.165, 1.54) is 37.2 Å². The minimum atomic E-state index is -4.37. The molecule has 0 spiro atoms. The summed E-state index contributed by atoms with van der Waals surface area (Å²) in [4.78, 5) is 16.4. The Labute approximate surface area is 135 Å². The summed E-state index contributed by atoms with van der Waals surface area (Å²) in [6, 6.07) is 6.55. The summed E-state index contributed by atoms with van der Waals surface area (Å²) in [5, 5.41) is 0. The number of halogens is 3. The molecule has 0 saturated carbocycles. The first-order valence-corrected chi connectivity index (χ1v) is 7.74. The highest BCUT2D eigenvalue weighted by atomic mass is 32.2. The van der Waals surface area contributed by atoms with Crippen molar-refractivity contribution in [2.24, 2.45) is 0 Å². The van der Waals surface area contributed by atoms with E-state index in [-0.39, 0.29) is 5.69 Å². The third kappa shape index (κ3) is 4.04. The predicted octanol–water partition coefficient (Wildman–Crippen LogP) is 4.67. The third-order valence-electron chi connectivity index (χ3n) is 3.08. The molecule has 0 amide bonds. The van der Waals surface area contributed by atoms with Crippen LogP contribution in [0, 0.1) is 0 Å². The highest BCUT2D eigenvalue weighted by Gasteiger charge is 2.30. The number of rotatable bonds is 4. The van der Waals surface area contributed by atoms with Crippen LogP contribution in [0.3, 0.4) is 0 Å². The Bertz CT molecular complexity index is 699. The highest BCUT2D eigenvalue weighted by Crippen LogP contribution is 2.32. The van der Waals surface area contributed by atoms with E-state index in [0.717, 1.165) is 17.9 Å². The number of ether oxygens (including phenoxy) is 1. The Morgan fingerprint density at radius 2 is 1.87 bits per heavy atom. The molecule has 2 rings (SSSR count). The molecule has 23 heavy (non-hydrogen) atoms. The first-order valence-electron chi connectivity index (χ1n) is 6.75. The molecule has 7 heteroatoms. The van der Waals surface area contributed by atoms with Gasteiger partial charge in [0.15, 0.2) is 5.69 Å². The minimum Gasteiger partial charge on any atom is -0.464 e. The van der Waals surface area contributed by atoms with Crippen LogP contribution in [0.4, 0.5) is 13.2 Å². The van der Waals surface area contributed by atoms with Gasteiger partial charge in [0, 0.05) is 16.7 Å². The number of alkyl halides is 3.